The number of morpholine rings is 1. The van der Waals surface area contributed by atoms with Crippen molar-refractivity contribution in [3.63, 3.8) is 0 Å². The van der Waals surface area contributed by atoms with Gasteiger partial charge in [0.05, 0.1) is 13.2 Å². The summed E-state index contributed by atoms with van der Waals surface area (Å²) >= 11 is 2.10. The number of hydrogen-bond acceptors (Lipinski definition) is 8. The highest BCUT2D eigenvalue weighted by molar-refractivity contribution is 7.99. The number of thioether (sulfide) groups is 1. The number of rotatable bonds is 19. The third kappa shape index (κ3) is 11.6. The molecule has 282 valence electrons. The first kappa shape index (κ1) is 40.0. The van der Waals surface area contributed by atoms with Crippen LogP contribution in [0.4, 0.5) is 0 Å². The second kappa shape index (κ2) is 21.5. The molecule has 5 saturated heterocycles. The molecule has 0 amide bonds. The molecule has 8 heteroatoms. The van der Waals surface area contributed by atoms with Crippen molar-refractivity contribution in [1.29, 1.82) is 0 Å². The first-order chi connectivity index (χ1) is 24.5. The van der Waals surface area contributed by atoms with Gasteiger partial charge in [0.1, 0.15) is 0 Å². The molecule has 0 radical (unpaired) electrons. The standard InChI is InChI=1S/C42H72N6OS/c1-6-36(31-48-25-29-50-30-26-48)40(35-46-21-19-43(5)20-22-46)42(39(9-4)34-47-23-27-49-28-24-47)41(38(8-3)33-45-17-13-14-18-45)37(7-2)32-44-15-11-10-12-16-44/h6-9,36-40H,1-4,10-35H2,5H3. The van der Waals surface area contributed by atoms with Crippen molar-refractivity contribution in [2.24, 2.45) is 29.6 Å². The molecule has 5 fully saturated rings. The van der Waals surface area contributed by atoms with Gasteiger partial charge in [0.25, 0.3) is 0 Å². The molecule has 0 N–H and O–H groups in total. The highest BCUT2D eigenvalue weighted by atomic mass is 32.2. The predicted molar refractivity (Wildman–Crippen MR) is 216 cm³/mol. The molecule has 0 aromatic carbocycles. The van der Waals surface area contributed by atoms with E-state index in [-0.39, 0.29) is 17.8 Å². The van der Waals surface area contributed by atoms with Crippen LogP contribution in [0.15, 0.2) is 61.8 Å². The van der Waals surface area contributed by atoms with Gasteiger partial charge < -0.3 is 29.2 Å². The van der Waals surface area contributed by atoms with E-state index in [1.807, 2.05) is 0 Å². The maximum atomic E-state index is 5.84. The third-order valence-electron chi connectivity index (χ3n) is 12.3. The van der Waals surface area contributed by atoms with Crippen LogP contribution < -0.4 is 0 Å². The highest BCUT2D eigenvalue weighted by Gasteiger charge is 2.38. The Morgan fingerprint density at radius 3 is 1.50 bits per heavy atom. The first-order valence-electron chi connectivity index (χ1n) is 20.2. The zero-order chi connectivity index (χ0) is 35.1. The number of likely N-dealkylation sites (N-methyl/N-ethyl adjacent to an activating group) is 1. The zero-order valence-corrected chi connectivity index (χ0v) is 32.7. The molecular formula is C42H72N6OS. The van der Waals surface area contributed by atoms with E-state index < -0.39 is 0 Å². The van der Waals surface area contributed by atoms with Crippen molar-refractivity contribution < 1.29 is 4.74 Å². The Labute approximate surface area is 311 Å². The average Bonchev–Trinajstić information content (AvgIpc) is 3.68. The topological polar surface area (TPSA) is 28.7 Å². The molecule has 5 unspecified atom stereocenters. The van der Waals surface area contributed by atoms with Gasteiger partial charge in [-0.25, -0.2) is 0 Å². The molecule has 5 heterocycles. The van der Waals surface area contributed by atoms with Crippen molar-refractivity contribution in [1.82, 2.24) is 29.4 Å². The Bertz CT molecular complexity index is 1070. The lowest BCUT2D eigenvalue weighted by Crippen LogP contribution is -2.49. The third-order valence-corrected chi connectivity index (χ3v) is 13.3. The Hall–Kier alpha value is -1.23. The Balaban J connectivity index is 1.65. The van der Waals surface area contributed by atoms with E-state index in [9.17, 15) is 0 Å². The van der Waals surface area contributed by atoms with E-state index in [0.717, 1.165) is 85.2 Å². The van der Waals surface area contributed by atoms with E-state index in [4.69, 9.17) is 4.74 Å². The van der Waals surface area contributed by atoms with Gasteiger partial charge >= 0.3 is 0 Å². The maximum absolute atomic E-state index is 5.84. The molecule has 5 atom stereocenters. The van der Waals surface area contributed by atoms with Crippen LogP contribution >= 0.6 is 11.8 Å². The van der Waals surface area contributed by atoms with E-state index in [0.29, 0.717) is 11.8 Å². The summed E-state index contributed by atoms with van der Waals surface area (Å²) in [6.07, 6.45) is 15.9. The minimum atomic E-state index is 0.241. The average molecular weight is 709 g/mol. The summed E-state index contributed by atoms with van der Waals surface area (Å²) < 4.78 is 5.84. The van der Waals surface area contributed by atoms with Gasteiger partial charge in [-0.3, -0.25) is 4.90 Å². The van der Waals surface area contributed by atoms with Crippen molar-refractivity contribution in [3.05, 3.63) is 61.8 Å². The molecule has 5 rings (SSSR count). The van der Waals surface area contributed by atoms with Crippen LogP contribution in [0.3, 0.4) is 0 Å². The second-order valence-corrected chi connectivity index (χ2v) is 17.0. The van der Waals surface area contributed by atoms with Gasteiger partial charge in [0, 0.05) is 120 Å². The lowest BCUT2D eigenvalue weighted by atomic mass is 9.70. The maximum Gasteiger partial charge on any atom is 0.0594 e. The molecule has 0 spiro atoms. The van der Waals surface area contributed by atoms with Crippen molar-refractivity contribution in [2.75, 3.05) is 143 Å². The second-order valence-electron chi connectivity index (χ2n) is 15.7. The molecule has 7 nitrogen and oxygen atoms in total. The van der Waals surface area contributed by atoms with E-state index in [2.05, 4.69) is 98.8 Å². The number of hydrogen-bond donors (Lipinski definition) is 0. The molecule has 5 aliphatic heterocycles. The molecule has 0 aromatic heterocycles. The van der Waals surface area contributed by atoms with Gasteiger partial charge in [-0.2, -0.15) is 11.8 Å². The lowest BCUT2D eigenvalue weighted by molar-refractivity contribution is 0.0339. The summed E-state index contributed by atoms with van der Waals surface area (Å²) in [7, 11) is 2.28. The number of nitrogens with zero attached hydrogens (tertiary/aromatic N) is 6. The first-order valence-corrected chi connectivity index (χ1v) is 21.4. The van der Waals surface area contributed by atoms with Crippen molar-refractivity contribution in [3.8, 4) is 0 Å². The van der Waals surface area contributed by atoms with Gasteiger partial charge in [-0.1, -0.05) is 41.9 Å². The van der Waals surface area contributed by atoms with Crippen LogP contribution in [0.5, 0.6) is 0 Å². The van der Waals surface area contributed by atoms with Crippen molar-refractivity contribution in [2.45, 2.75) is 32.1 Å². The smallest absolute Gasteiger partial charge is 0.0594 e. The van der Waals surface area contributed by atoms with E-state index in [1.165, 1.54) is 82.9 Å². The normalized spacial score (nSPS) is 26.4. The Morgan fingerprint density at radius 2 is 0.980 bits per heavy atom. The van der Waals surface area contributed by atoms with Crippen LogP contribution in [0.1, 0.15) is 32.1 Å². The monoisotopic (exact) mass is 709 g/mol. The lowest BCUT2D eigenvalue weighted by Gasteiger charge is -2.44. The van der Waals surface area contributed by atoms with Crippen LogP contribution in [0, 0.1) is 29.6 Å². The molecule has 50 heavy (non-hydrogen) atoms. The van der Waals surface area contributed by atoms with Crippen LogP contribution in [-0.4, -0.2) is 172 Å². The van der Waals surface area contributed by atoms with Crippen LogP contribution in [-0.2, 0) is 4.74 Å². The SMILES string of the molecule is C=CC(CN1CCCCC1)C(=C(C(C=C)CN1CCOCC1)C(CN1CCN(C)CC1)C(C=C)CN1CCSCC1)C(C=C)CN1CCCC1. The number of piperazine rings is 1. The fraction of sp³-hybridized carbons (Fsp3) is 0.762. The zero-order valence-electron chi connectivity index (χ0n) is 31.9. The quantitative estimate of drug-likeness (QED) is 0.167. The molecule has 0 bridgehead atoms. The minimum Gasteiger partial charge on any atom is -0.379 e. The summed E-state index contributed by atoms with van der Waals surface area (Å²) in [5.74, 6) is 3.95. The van der Waals surface area contributed by atoms with Crippen molar-refractivity contribution >= 4 is 11.8 Å². The summed E-state index contributed by atoms with van der Waals surface area (Å²) in [6, 6.07) is 0. The van der Waals surface area contributed by atoms with Crippen LogP contribution in [0.25, 0.3) is 0 Å². The molecule has 5 aliphatic rings. The number of piperidine rings is 1. The number of likely N-dealkylation sites (tertiary alicyclic amines) is 2. The molecular weight excluding hydrogens is 637 g/mol. The Kier molecular flexibility index (Phi) is 17.2. The summed E-state index contributed by atoms with van der Waals surface area (Å²) in [5, 5.41) is 0. The predicted octanol–water partition coefficient (Wildman–Crippen LogP) is 5.32. The van der Waals surface area contributed by atoms with Gasteiger partial charge in [0.15, 0.2) is 0 Å². The Morgan fingerprint density at radius 1 is 0.520 bits per heavy atom. The molecule has 0 aromatic rings. The molecule has 0 saturated carbocycles. The highest BCUT2D eigenvalue weighted by Crippen LogP contribution is 2.41. The van der Waals surface area contributed by atoms with Gasteiger partial charge in [-0.05, 0) is 64.8 Å². The number of ether oxygens (including phenoxy) is 1. The summed E-state index contributed by atoms with van der Waals surface area (Å²) in [5.41, 5.74) is 3.23. The van der Waals surface area contributed by atoms with Gasteiger partial charge in [-0.15, -0.1) is 26.3 Å². The van der Waals surface area contributed by atoms with E-state index in [1.54, 1.807) is 11.1 Å². The summed E-state index contributed by atoms with van der Waals surface area (Å²) in [6.45, 7) is 39.0. The largest absolute Gasteiger partial charge is 0.379 e. The van der Waals surface area contributed by atoms with E-state index >= 15 is 0 Å². The minimum absolute atomic E-state index is 0.241. The molecule has 0 aliphatic carbocycles. The fourth-order valence-corrected chi connectivity index (χ4v) is 10.2. The fourth-order valence-electron chi connectivity index (χ4n) is 9.25. The van der Waals surface area contributed by atoms with Crippen LogP contribution in [0.2, 0.25) is 0 Å². The van der Waals surface area contributed by atoms with Gasteiger partial charge in [0.2, 0.25) is 0 Å². The summed E-state index contributed by atoms with van der Waals surface area (Å²) in [4.78, 5) is 16.1.